The van der Waals surface area contributed by atoms with Crippen molar-refractivity contribution >= 4 is 5.97 Å². The van der Waals surface area contributed by atoms with Gasteiger partial charge in [0.05, 0.1) is 12.6 Å². The number of esters is 1. The molecule has 0 bridgehead atoms. The summed E-state index contributed by atoms with van der Waals surface area (Å²) < 4.78 is 4.93. The Morgan fingerprint density at radius 3 is 3.06 bits per heavy atom. The molecule has 0 aromatic carbocycles. The molecule has 2 heterocycles. The molecule has 2 N–H and O–H groups in total. The second-order valence-corrected chi connectivity index (χ2v) is 3.78. The largest absolute Gasteiger partial charge is 0.461 e. The zero-order chi connectivity index (χ0) is 11.4. The summed E-state index contributed by atoms with van der Waals surface area (Å²) >= 11 is 0. The molecule has 1 atom stereocenters. The van der Waals surface area contributed by atoms with Gasteiger partial charge in [0.25, 0.3) is 0 Å². The van der Waals surface area contributed by atoms with Crippen LogP contribution in [0.2, 0.25) is 0 Å². The van der Waals surface area contributed by atoms with Crippen LogP contribution in [0.5, 0.6) is 0 Å². The Morgan fingerprint density at radius 2 is 2.38 bits per heavy atom. The lowest BCUT2D eigenvalue weighted by Gasteiger charge is -2.21. The van der Waals surface area contributed by atoms with E-state index in [-0.39, 0.29) is 6.04 Å². The molecule has 0 aliphatic carbocycles. The summed E-state index contributed by atoms with van der Waals surface area (Å²) in [4.78, 5) is 11.6. The number of nitrogens with one attached hydrogen (secondary N) is 2. The summed E-state index contributed by atoms with van der Waals surface area (Å²) in [5.74, 6) is -0.404. The molecular weight excluding hydrogens is 208 g/mol. The predicted molar refractivity (Wildman–Crippen MR) is 56.9 cm³/mol. The average Bonchev–Trinajstić information content (AvgIpc) is 2.79. The van der Waals surface area contributed by atoms with Crippen molar-refractivity contribution in [1.29, 1.82) is 0 Å². The van der Waals surface area contributed by atoms with Crippen molar-refractivity contribution in [2.45, 2.75) is 32.2 Å². The molecule has 88 valence electrons. The molecule has 0 amide bonds. The Bertz CT molecular complexity index is 357. The fourth-order valence-corrected chi connectivity index (χ4v) is 1.92. The second kappa shape index (κ2) is 5.07. The smallest absolute Gasteiger partial charge is 0.360 e. The third kappa shape index (κ3) is 2.21. The van der Waals surface area contributed by atoms with E-state index in [2.05, 4.69) is 20.7 Å². The van der Waals surface area contributed by atoms with Crippen LogP contribution in [0.4, 0.5) is 0 Å². The summed E-state index contributed by atoms with van der Waals surface area (Å²) in [6, 6.07) is 0.118. The normalized spacial score (nSPS) is 20.7. The Hall–Kier alpha value is -1.43. The van der Waals surface area contributed by atoms with E-state index in [0.29, 0.717) is 18.0 Å². The van der Waals surface area contributed by atoms with Crippen molar-refractivity contribution in [2.75, 3.05) is 13.2 Å². The molecule has 16 heavy (non-hydrogen) atoms. The predicted octanol–water partition coefficient (Wildman–Crippen LogP) is 0.796. The topological polar surface area (TPSA) is 79.9 Å². The summed E-state index contributed by atoms with van der Waals surface area (Å²) in [7, 11) is 0. The minimum atomic E-state index is -0.404. The number of hydrogen-bond acceptors (Lipinski definition) is 5. The molecule has 1 saturated heterocycles. The quantitative estimate of drug-likeness (QED) is 0.742. The van der Waals surface area contributed by atoms with E-state index in [1.807, 2.05) is 0 Å². The summed E-state index contributed by atoms with van der Waals surface area (Å²) in [6.07, 6.45) is 3.30. The van der Waals surface area contributed by atoms with Gasteiger partial charge in [-0.15, -0.1) is 5.10 Å². The number of nitrogens with zero attached hydrogens (tertiary/aromatic N) is 2. The number of carbonyl (C=O) groups is 1. The Kier molecular flexibility index (Phi) is 3.51. The zero-order valence-electron chi connectivity index (χ0n) is 9.32. The van der Waals surface area contributed by atoms with E-state index in [9.17, 15) is 4.79 Å². The van der Waals surface area contributed by atoms with Crippen molar-refractivity contribution in [3.63, 3.8) is 0 Å². The highest BCUT2D eigenvalue weighted by atomic mass is 16.5. The van der Waals surface area contributed by atoms with Gasteiger partial charge in [0, 0.05) is 0 Å². The van der Waals surface area contributed by atoms with Crippen LogP contribution in [-0.2, 0) is 4.74 Å². The molecule has 1 aromatic rings. The maximum absolute atomic E-state index is 11.6. The lowest BCUT2D eigenvalue weighted by Crippen LogP contribution is -2.28. The van der Waals surface area contributed by atoms with Crippen LogP contribution in [0.15, 0.2) is 0 Å². The van der Waals surface area contributed by atoms with Gasteiger partial charge in [0.2, 0.25) is 0 Å². The molecule has 2 rings (SSSR count). The number of ether oxygens (including phenoxy) is 1. The Balaban J connectivity index is 2.14. The van der Waals surface area contributed by atoms with Gasteiger partial charge in [-0.1, -0.05) is 6.42 Å². The summed E-state index contributed by atoms with van der Waals surface area (Å²) in [5, 5.41) is 13.7. The highest BCUT2D eigenvalue weighted by molar-refractivity contribution is 5.88. The molecule has 1 fully saturated rings. The lowest BCUT2D eigenvalue weighted by atomic mass is 10.0. The first-order valence-corrected chi connectivity index (χ1v) is 5.64. The number of H-pyrrole nitrogens is 1. The van der Waals surface area contributed by atoms with Crippen LogP contribution >= 0.6 is 0 Å². The van der Waals surface area contributed by atoms with Gasteiger partial charge in [-0.2, -0.15) is 10.3 Å². The lowest BCUT2D eigenvalue weighted by molar-refractivity contribution is 0.0517. The van der Waals surface area contributed by atoms with Crippen LogP contribution in [0.1, 0.15) is 48.4 Å². The van der Waals surface area contributed by atoms with E-state index >= 15 is 0 Å². The number of aromatic nitrogens is 3. The molecular formula is C10H16N4O2. The first-order chi connectivity index (χ1) is 7.83. The molecule has 6 nitrogen and oxygen atoms in total. The fraction of sp³-hybridized carbons (Fsp3) is 0.700. The van der Waals surface area contributed by atoms with Crippen LogP contribution in [0.3, 0.4) is 0 Å². The third-order valence-corrected chi connectivity index (χ3v) is 2.68. The van der Waals surface area contributed by atoms with E-state index in [4.69, 9.17) is 4.74 Å². The zero-order valence-corrected chi connectivity index (χ0v) is 9.32. The first kappa shape index (κ1) is 11.1. The molecule has 1 aliphatic heterocycles. The van der Waals surface area contributed by atoms with Gasteiger partial charge in [-0.25, -0.2) is 4.79 Å². The fourth-order valence-electron chi connectivity index (χ4n) is 1.92. The second-order valence-electron chi connectivity index (χ2n) is 3.78. The molecule has 1 unspecified atom stereocenters. The summed E-state index contributed by atoms with van der Waals surface area (Å²) in [6.45, 7) is 3.08. The maximum atomic E-state index is 11.6. The SMILES string of the molecule is CCOC(=O)c1n[nH]nc1C1CCCCN1. The molecule has 1 aliphatic rings. The maximum Gasteiger partial charge on any atom is 0.360 e. The highest BCUT2D eigenvalue weighted by Gasteiger charge is 2.25. The molecule has 6 heteroatoms. The standard InChI is InChI=1S/C10H16N4O2/c1-2-16-10(15)9-8(12-14-13-9)7-5-3-4-6-11-7/h7,11H,2-6H2,1H3,(H,12,13,14). The van der Waals surface area contributed by atoms with Crippen LogP contribution in [0.25, 0.3) is 0 Å². The van der Waals surface area contributed by atoms with E-state index in [0.717, 1.165) is 19.4 Å². The van der Waals surface area contributed by atoms with Gasteiger partial charge in [0.1, 0.15) is 5.69 Å². The highest BCUT2D eigenvalue weighted by Crippen LogP contribution is 2.23. The molecule has 0 saturated carbocycles. The van der Waals surface area contributed by atoms with Crippen LogP contribution < -0.4 is 5.32 Å². The van der Waals surface area contributed by atoms with Crippen molar-refractivity contribution in [3.8, 4) is 0 Å². The first-order valence-electron chi connectivity index (χ1n) is 5.64. The monoisotopic (exact) mass is 224 g/mol. The molecule has 0 spiro atoms. The summed E-state index contributed by atoms with van der Waals surface area (Å²) in [5.41, 5.74) is 0.986. The van der Waals surface area contributed by atoms with Crippen molar-refractivity contribution < 1.29 is 9.53 Å². The van der Waals surface area contributed by atoms with Crippen molar-refractivity contribution in [2.24, 2.45) is 0 Å². The van der Waals surface area contributed by atoms with Gasteiger partial charge >= 0.3 is 5.97 Å². The van der Waals surface area contributed by atoms with Gasteiger partial charge in [-0.3, -0.25) is 0 Å². The minimum Gasteiger partial charge on any atom is -0.461 e. The number of carbonyl (C=O) groups excluding carboxylic acids is 1. The van der Waals surface area contributed by atoms with Crippen molar-refractivity contribution in [3.05, 3.63) is 11.4 Å². The van der Waals surface area contributed by atoms with Crippen LogP contribution in [0, 0.1) is 0 Å². The number of aromatic amines is 1. The molecule has 1 aromatic heterocycles. The van der Waals surface area contributed by atoms with E-state index < -0.39 is 5.97 Å². The minimum absolute atomic E-state index is 0.118. The average molecular weight is 224 g/mol. The Labute approximate surface area is 93.8 Å². The Morgan fingerprint density at radius 1 is 1.50 bits per heavy atom. The van der Waals surface area contributed by atoms with E-state index in [1.54, 1.807) is 6.92 Å². The number of hydrogen-bond donors (Lipinski definition) is 2. The van der Waals surface area contributed by atoms with Gasteiger partial charge in [-0.05, 0) is 26.3 Å². The number of rotatable bonds is 3. The van der Waals surface area contributed by atoms with Gasteiger partial charge in [0.15, 0.2) is 5.69 Å². The molecule has 0 radical (unpaired) electrons. The number of piperidine rings is 1. The third-order valence-electron chi connectivity index (χ3n) is 2.68. The van der Waals surface area contributed by atoms with Gasteiger partial charge < -0.3 is 10.1 Å². The van der Waals surface area contributed by atoms with Crippen molar-refractivity contribution in [1.82, 2.24) is 20.7 Å². The van der Waals surface area contributed by atoms with Crippen LogP contribution in [-0.4, -0.2) is 34.5 Å². The van der Waals surface area contributed by atoms with E-state index in [1.165, 1.54) is 6.42 Å².